The summed E-state index contributed by atoms with van der Waals surface area (Å²) in [5.74, 6) is -2.62. The van der Waals surface area contributed by atoms with Crippen molar-refractivity contribution in [2.45, 2.75) is 37.3 Å². The second kappa shape index (κ2) is 9.26. The number of ether oxygens (including phenoxy) is 1. The molecule has 12 heteroatoms. The van der Waals surface area contributed by atoms with Gasteiger partial charge in [0, 0.05) is 18.0 Å². The third-order valence-corrected chi connectivity index (χ3v) is 6.34. The third-order valence-electron chi connectivity index (χ3n) is 6.34. The molecule has 0 aliphatic carbocycles. The van der Waals surface area contributed by atoms with Gasteiger partial charge in [0.25, 0.3) is 12.1 Å². The summed E-state index contributed by atoms with van der Waals surface area (Å²) in [6, 6.07) is 13.7. The number of hydrogen-bond acceptors (Lipinski definition) is 6. The molecule has 1 fully saturated rings. The number of benzene rings is 2. The van der Waals surface area contributed by atoms with Gasteiger partial charge in [0.2, 0.25) is 0 Å². The largest absolute Gasteiger partial charge is 0.491 e. The Morgan fingerprint density at radius 1 is 1.17 bits per heavy atom. The summed E-state index contributed by atoms with van der Waals surface area (Å²) in [6.07, 6.45) is -4.78. The van der Waals surface area contributed by atoms with Gasteiger partial charge in [-0.1, -0.05) is 30.3 Å². The third kappa shape index (κ3) is 4.63. The Morgan fingerprint density at radius 2 is 1.92 bits per heavy atom. The fourth-order valence-corrected chi connectivity index (χ4v) is 4.50. The summed E-state index contributed by atoms with van der Waals surface area (Å²) in [6.45, 7) is 0.615. The number of esters is 1. The van der Waals surface area contributed by atoms with Gasteiger partial charge in [-0.25, -0.2) is 14.5 Å². The molecule has 4 aromatic rings. The maximum atomic E-state index is 13.2. The zero-order valence-electron chi connectivity index (χ0n) is 19.2. The molecule has 1 saturated heterocycles. The van der Waals surface area contributed by atoms with E-state index in [0.717, 1.165) is 21.5 Å². The monoisotopic (exact) mass is 500 g/mol. The van der Waals surface area contributed by atoms with Crippen LogP contribution in [-0.2, 0) is 14.3 Å². The van der Waals surface area contributed by atoms with Crippen LogP contribution >= 0.6 is 0 Å². The number of nitrogens with zero attached hydrogens (tertiary/aromatic N) is 4. The van der Waals surface area contributed by atoms with Gasteiger partial charge in [-0.15, -0.1) is 0 Å². The minimum absolute atomic E-state index is 0.154. The number of halogens is 3. The normalized spacial score (nSPS) is 19.9. The van der Waals surface area contributed by atoms with Crippen molar-refractivity contribution in [3.63, 3.8) is 0 Å². The molecule has 5 rings (SSSR count). The number of para-hydroxylation sites is 3. The molecule has 2 aromatic carbocycles. The van der Waals surface area contributed by atoms with Crippen molar-refractivity contribution in [3.05, 3.63) is 60.6 Å². The van der Waals surface area contributed by atoms with Crippen molar-refractivity contribution in [2.75, 3.05) is 13.6 Å². The Bertz CT molecular complexity index is 1380. The van der Waals surface area contributed by atoms with E-state index in [9.17, 15) is 22.8 Å². The Hall–Kier alpha value is -3.93. The molecular formula is C24H23F3N6O3. The molecule has 3 atom stereocenters. The molecule has 36 heavy (non-hydrogen) atoms. The Morgan fingerprint density at radius 3 is 2.69 bits per heavy atom. The number of aromatic amines is 1. The summed E-state index contributed by atoms with van der Waals surface area (Å²) >= 11 is 0. The van der Waals surface area contributed by atoms with Gasteiger partial charge in [-0.2, -0.15) is 18.3 Å². The highest BCUT2D eigenvalue weighted by Crippen LogP contribution is 2.30. The molecule has 0 radical (unpaired) electrons. The second-order valence-corrected chi connectivity index (χ2v) is 8.77. The maximum absolute atomic E-state index is 13.2. The van der Waals surface area contributed by atoms with Gasteiger partial charge in [-0.05, 0) is 38.1 Å². The van der Waals surface area contributed by atoms with E-state index in [0.29, 0.717) is 30.3 Å². The summed E-state index contributed by atoms with van der Waals surface area (Å²) in [4.78, 5) is 35.0. The first-order valence-corrected chi connectivity index (χ1v) is 11.4. The molecular weight excluding hydrogens is 477 g/mol. The number of fused-ring (bicyclic) bond motifs is 2. The van der Waals surface area contributed by atoms with Crippen LogP contribution in [0.5, 0.6) is 0 Å². The number of imidazole rings is 1. The molecule has 0 spiro atoms. The predicted octanol–water partition coefficient (Wildman–Crippen LogP) is 3.47. The molecule has 1 unspecified atom stereocenters. The molecule has 1 aliphatic rings. The molecule has 0 bridgehead atoms. The number of carbonyl (C=O) groups is 2. The number of H-pyrrole nitrogens is 1. The first-order valence-electron chi connectivity index (χ1n) is 11.4. The summed E-state index contributed by atoms with van der Waals surface area (Å²) in [5.41, 5.74) is 2.06. The molecule has 9 nitrogen and oxygen atoms in total. The number of nitrogens with one attached hydrogen (secondary N) is 2. The molecule has 1 aliphatic heterocycles. The van der Waals surface area contributed by atoms with Gasteiger partial charge >= 0.3 is 12.1 Å². The topological polar surface area (TPSA) is 105 Å². The van der Waals surface area contributed by atoms with Crippen LogP contribution in [0.3, 0.4) is 0 Å². The van der Waals surface area contributed by atoms with E-state index < -0.39 is 24.3 Å². The lowest BCUT2D eigenvalue weighted by Gasteiger charge is -2.36. The number of aromatic nitrogens is 4. The number of alkyl halides is 3. The van der Waals surface area contributed by atoms with Crippen LogP contribution in [0, 0.1) is 0 Å². The van der Waals surface area contributed by atoms with Crippen LogP contribution in [0.25, 0.3) is 21.9 Å². The number of piperidine rings is 1. The van der Waals surface area contributed by atoms with Crippen molar-refractivity contribution in [3.8, 4) is 0 Å². The number of amides is 1. The van der Waals surface area contributed by atoms with Crippen molar-refractivity contribution in [1.29, 1.82) is 0 Å². The van der Waals surface area contributed by atoms with Crippen LogP contribution in [0.2, 0.25) is 0 Å². The van der Waals surface area contributed by atoms with Crippen LogP contribution in [0.4, 0.5) is 13.2 Å². The molecule has 2 aromatic heterocycles. The predicted molar refractivity (Wildman–Crippen MR) is 124 cm³/mol. The highest BCUT2D eigenvalue weighted by Gasteiger charge is 2.44. The van der Waals surface area contributed by atoms with Crippen LogP contribution in [0.15, 0.2) is 54.7 Å². The van der Waals surface area contributed by atoms with E-state index >= 15 is 0 Å². The van der Waals surface area contributed by atoms with Gasteiger partial charge in [0.05, 0.1) is 28.8 Å². The SMILES string of the molecule is CN1CC[C@@H](NC(=O)C(OC(=O)C(F)(F)F)n2ncc3ccccc32)C[C@@H]1c1nc2ccccc2[nH]1. The van der Waals surface area contributed by atoms with Gasteiger partial charge in [0.15, 0.2) is 0 Å². The van der Waals surface area contributed by atoms with E-state index in [-0.39, 0.29) is 12.1 Å². The smallest absolute Gasteiger partial charge is 0.423 e. The molecule has 2 N–H and O–H groups in total. The van der Waals surface area contributed by atoms with E-state index in [4.69, 9.17) is 0 Å². The lowest BCUT2D eigenvalue weighted by molar-refractivity contribution is -0.210. The molecule has 1 amide bonds. The highest BCUT2D eigenvalue weighted by molar-refractivity contribution is 5.86. The van der Waals surface area contributed by atoms with Crippen molar-refractivity contribution in [1.82, 2.24) is 30.0 Å². The average Bonchev–Trinajstić information content (AvgIpc) is 3.47. The Labute approximate surface area is 203 Å². The van der Waals surface area contributed by atoms with E-state index in [1.54, 1.807) is 24.3 Å². The standard InChI is InChI=1S/C24H23F3N6O3/c1-32-11-10-15(12-19(32)20-30-16-7-3-4-8-17(16)31-20)29-21(34)22(36-23(35)24(25,26)27)33-18-9-5-2-6-14(18)13-28-33/h2-9,13,15,19,22H,10-12H2,1H3,(H,29,34)(H,30,31)/t15-,19-,22?/m1/s1. The lowest BCUT2D eigenvalue weighted by atomic mass is 9.97. The fourth-order valence-electron chi connectivity index (χ4n) is 4.50. The summed E-state index contributed by atoms with van der Waals surface area (Å²) in [7, 11) is 1.94. The van der Waals surface area contributed by atoms with Crippen LogP contribution in [0.1, 0.15) is 30.9 Å². The van der Waals surface area contributed by atoms with Crippen molar-refractivity contribution >= 4 is 33.8 Å². The quantitative estimate of drug-likeness (QED) is 0.407. The van der Waals surface area contributed by atoms with E-state index in [1.807, 2.05) is 31.3 Å². The van der Waals surface area contributed by atoms with Gasteiger partial charge in [0.1, 0.15) is 5.82 Å². The zero-order valence-corrected chi connectivity index (χ0v) is 19.2. The minimum Gasteiger partial charge on any atom is -0.423 e. The Kier molecular flexibility index (Phi) is 6.12. The molecule has 188 valence electrons. The van der Waals surface area contributed by atoms with Crippen LogP contribution < -0.4 is 5.32 Å². The van der Waals surface area contributed by atoms with E-state index in [2.05, 4.69) is 30.0 Å². The first kappa shape index (κ1) is 23.8. The molecule has 3 heterocycles. The maximum Gasteiger partial charge on any atom is 0.491 e. The number of rotatable bonds is 5. The summed E-state index contributed by atoms with van der Waals surface area (Å²) in [5, 5.41) is 7.39. The first-order chi connectivity index (χ1) is 17.2. The average molecular weight is 500 g/mol. The Balaban J connectivity index is 1.38. The number of hydrogen-bond donors (Lipinski definition) is 2. The number of likely N-dealkylation sites (tertiary alicyclic amines) is 1. The summed E-state index contributed by atoms with van der Waals surface area (Å²) < 4.78 is 44.6. The van der Waals surface area contributed by atoms with Crippen LogP contribution in [-0.4, -0.2) is 62.3 Å². The van der Waals surface area contributed by atoms with E-state index in [1.165, 1.54) is 6.20 Å². The van der Waals surface area contributed by atoms with Gasteiger partial charge in [-0.3, -0.25) is 9.69 Å². The number of carbonyl (C=O) groups excluding carboxylic acids is 2. The second-order valence-electron chi connectivity index (χ2n) is 8.77. The van der Waals surface area contributed by atoms with Crippen molar-refractivity contribution < 1.29 is 27.5 Å². The van der Waals surface area contributed by atoms with Gasteiger partial charge < -0.3 is 15.0 Å². The zero-order chi connectivity index (χ0) is 25.4. The van der Waals surface area contributed by atoms with Crippen molar-refractivity contribution in [2.24, 2.45) is 0 Å². The highest BCUT2D eigenvalue weighted by atomic mass is 19.4. The lowest BCUT2D eigenvalue weighted by Crippen LogP contribution is -2.48. The minimum atomic E-state index is -5.26. The molecule has 0 saturated carbocycles. The fraction of sp³-hybridized carbons (Fsp3) is 0.333.